The van der Waals surface area contributed by atoms with Gasteiger partial charge in [0.05, 0.1) is 26.2 Å². The summed E-state index contributed by atoms with van der Waals surface area (Å²) in [7, 11) is 0. The maximum Gasteiger partial charge on any atom is 0.279 e. The number of amides is 2. The lowest BCUT2D eigenvalue weighted by Crippen LogP contribution is -3.15. The predicted molar refractivity (Wildman–Crippen MR) is 97.7 cm³/mol. The van der Waals surface area contributed by atoms with Crippen molar-refractivity contribution in [1.82, 2.24) is 4.90 Å². The average Bonchev–Trinajstić information content (AvgIpc) is 2.65. The number of carbonyl (C=O) groups is 2. The third-order valence-corrected chi connectivity index (χ3v) is 4.64. The second kappa shape index (κ2) is 8.10. The van der Waals surface area contributed by atoms with Gasteiger partial charge in [0.15, 0.2) is 6.54 Å². The number of rotatable bonds is 4. The van der Waals surface area contributed by atoms with Gasteiger partial charge in [-0.3, -0.25) is 9.59 Å². The van der Waals surface area contributed by atoms with Gasteiger partial charge in [0.25, 0.3) is 11.8 Å². The minimum Gasteiger partial charge on any atom is -0.327 e. The molecule has 6 heteroatoms. The minimum atomic E-state index is -0.330. The monoisotopic (exact) mass is 356 g/mol. The zero-order valence-corrected chi connectivity index (χ0v) is 14.8. The Kier molecular flexibility index (Phi) is 5.63. The highest BCUT2D eigenvalue weighted by molar-refractivity contribution is 5.94. The number of hydrogen-bond donors (Lipinski definition) is 2. The van der Waals surface area contributed by atoms with Gasteiger partial charge in [0, 0.05) is 11.3 Å². The van der Waals surface area contributed by atoms with Crippen LogP contribution in [0, 0.1) is 12.7 Å². The van der Waals surface area contributed by atoms with Crippen LogP contribution in [0.15, 0.2) is 48.5 Å². The standard InChI is InChI=1S/C20H22FN3O2/c1-15-7-8-17(13-18(15)21)22-19(25)14-23-9-11-24(12-10-23)20(26)16-5-3-2-4-6-16/h2-8,13H,9-12,14H2,1H3,(H,22,25)/p+1. The molecule has 2 N–H and O–H groups in total. The van der Waals surface area contributed by atoms with E-state index in [1.165, 1.54) is 6.07 Å². The molecule has 136 valence electrons. The first-order chi connectivity index (χ1) is 12.5. The summed E-state index contributed by atoms with van der Waals surface area (Å²) in [6.07, 6.45) is 0. The zero-order valence-electron chi connectivity index (χ0n) is 14.8. The maximum atomic E-state index is 13.6. The van der Waals surface area contributed by atoms with Crippen molar-refractivity contribution in [3.63, 3.8) is 0 Å². The maximum absolute atomic E-state index is 13.6. The summed E-state index contributed by atoms with van der Waals surface area (Å²) in [5, 5.41) is 2.74. The molecule has 0 saturated carbocycles. The van der Waals surface area contributed by atoms with Crippen molar-refractivity contribution in [1.29, 1.82) is 0 Å². The van der Waals surface area contributed by atoms with Gasteiger partial charge in [-0.05, 0) is 36.8 Å². The topological polar surface area (TPSA) is 53.9 Å². The van der Waals surface area contributed by atoms with E-state index in [4.69, 9.17) is 0 Å². The minimum absolute atomic E-state index is 0.0317. The highest BCUT2D eigenvalue weighted by atomic mass is 19.1. The molecule has 0 radical (unpaired) electrons. The lowest BCUT2D eigenvalue weighted by molar-refractivity contribution is -0.895. The number of quaternary nitrogens is 1. The van der Waals surface area contributed by atoms with Gasteiger partial charge < -0.3 is 15.1 Å². The fraction of sp³-hybridized carbons (Fsp3) is 0.300. The number of nitrogens with one attached hydrogen (secondary N) is 2. The van der Waals surface area contributed by atoms with Crippen molar-refractivity contribution < 1.29 is 18.9 Å². The summed E-state index contributed by atoms with van der Waals surface area (Å²) in [6, 6.07) is 13.9. The summed E-state index contributed by atoms with van der Waals surface area (Å²) in [5.74, 6) is -0.446. The molecule has 2 aromatic rings. The van der Waals surface area contributed by atoms with E-state index in [0.29, 0.717) is 49.5 Å². The Hall–Kier alpha value is -2.73. The van der Waals surface area contributed by atoms with E-state index in [1.807, 2.05) is 35.2 Å². The smallest absolute Gasteiger partial charge is 0.279 e. The zero-order chi connectivity index (χ0) is 18.5. The molecule has 0 bridgehead atoms. The van der Waals surface area contributed by atoms with Gasteiger partial charge >= 0.3 is 0 Å². The first-order valence-corrected chi connectivity index (χ1v) is 8.77. The molecule has 2 amide bonds. The molecule has 1 fully saturated rings. The lowest BCUT2D eigenvalue weighted by atomic mass is 10.2. The lowest BCUT2D eigenvalue weighted by Gasteiger charge is -2.32. The number of aryl methyl sites for hydroxylation is 1. The Morgan fingerprint density at radius 2 is 1.81 bits per heavy atom. The van der Waals surface area contributed by atoms with Crippen LogP contribution in [0.1, 0.15) is 15.9 Å². The summed E-state index contributed by atoms with van der Waals surface area (Å²) in [4.78, 5) is 27.6. The average molecular weight is 356 g/mol. The third kappa shape index (κ3) is 4.46. The molecule has 0 spiro atoms. The number of piperazine rings is 1. The third-order valence-electron chi connectivity index (χ3n) is 4.64. The van der Waals surface area contributed by atoms with Gasteiger partial charge in [0.2, 0.25) is 0 Å². The molecule has 5 nitrogen and oxygen atoms in total. The number of carbonyl (C=O) groups excluding carboxylic acids is 2. The molecular formula is C20H23FN3O2+. The summed E-state index contributed by atoms with van der Waals surface area (Å²) < 4.78 is 13.6. The fourth-order valence-electron chi connectivity index (χ4n) is 3.07. The van der Waals surface area contributed by atoms with Crippen LogP contribution in [0.25, 0.3) is 0 Å². The van der Waals surface area contributed by atoms with E-state index >= 15 is 0 Å². The van der Waals surface area contributed by atoms with Crippen molar-refractivity contribution in [2.24, 2.45) is 0 Å². The molecule has 1 heterocycles. The van der Waals surface area contributed by atoms with E-state index in [-0.39, 0.29) is 17.6 Å². The molecule has 26 heavy (non-hydrogen) atoms. The molecular weight excluding hydrogens is 333 g/mol. The van der Waals surface area contributed by atoms with E-state index < -0.39 is 0 Å². The van der Waals surface area contributed by atoms with E-state index in [9.17, 15) is 14.0 Å². The number of halogens is 1. The first kappa shape index (κ1) is 18.1. The van der Waals surface area contributed by atoms with E-state index in [1.54, 1.807) is 19.1 Å². The van der Waals surface area contributed by atoms with Crippen molar-refractivity contribution in [2.45, 2.75) is 6.92 Å². The van der Waals surface area contributed by atoms with Crippen molar-refractivity contribution in [2.75, 3.05) is 38.0 Å². The van der Waals surface area contributed by atoms with Crippen molar-refractivity contribution >= 4 is 17.5 Å². The molecule has 1 aliphatic rings. The molecule has 0 aliphatic carbocycles. The van der Waals surface area contributed by atoms with Crippen molar-refractivity contribution in [3.05, 3.63) is 65.5 Å². The Bertz CT molecular complexity index is 787. The van der Waals surface area contributed by atoms with Crippen LogP contribution in [0.4, 0.5) is 10.1 Å². The second-order valence-corrected chi connectivity index (χ2v) is 6.60. The highest BCUT2D eigenvalue weighted by Crippen LogP contribution is 2.13. The van der Waals surface area contributed by atoms with Gasteiger partial charge in [0.1, 0.15) is 5.82 Å². The molecule has 0 atom stereocenters. The number of nitrogens with zero attached hydrogens (tertiary/aromatic N) is 1. The van der Waals surface area contributed by atoms with Crippen LogP contribution < -0.4 is 10.2 Å². The SMILES string of the molecule is Cc1ccc(NC(=O)C[NH+]2CCN(C(=O)c3ccccc3)CC2)cc1F. The van der Waals surface area contributed by atoms with Gasteiger partial charge in [-0.2, -0.15) is 0 Å². The van der Waals surface area contributed by atoms with Gasteiger partial charge in [-0.1, -0.05) is 24.3 Å². The van der Waals surface area contributed by atoms with E-state index in [0.717, 1.165) is 4.90 Å². The quantitative estimate of drug-likeness (QED) is 0.862. The normalized spacial score (nSPS) is 14.9. The van der Waals surface area contributed by atoms with Crippen LogP contribution in [0.5, 0.6) is 0 Å². The molecule has 2 aromatic carbocycles. The Labute approximate surface area is 152 Å². The fourth-order valence-corrected chi connectivity index (χ4v) is 3.07. The Morgan fingerprint density at radius 3 is 2.46 bits per heavy atom. The Balaban J connectivity index is 1.48. The van der Waals surface area contributed by atoms with Crippen LogP contribution in [-0.2, 0) is 4.79 Å². The molecule has 3 rings (SSSR count). The Morgan fingerprint density at radius 1 is 1.12 bits per heavy atom. The van der Waals surface area contributed by atoms with Crippen molar-refractivity contribution in [3.8, 4) is 0 Å². The van der Waals surface area contributed by atoms with Crippen LogP contribution in [0.3, 0.4) is 0 Å². The highest BCUT2D eigenvalue weighted by Gasteiger charge is 2.25. The largest absolute Gasteiger partial charge is 0.327 e. The van der Waals surface area contributed by atoms with E-state index in [2.05, 4.69) is 5.32 Å². The van der Waals surface area contributed by atoms with Crippen LogP contribution in [-0.4, -0.2) is 49.4 Å². The predicted octanol–water partition coefficient (Wildman–Crippen LogP) is 1.11. The molecule has 1 aliphatic heterocycles. The molecule has 0 unspecified atom stereocenters. The summed E-state index contributed by atoms with van der Waals surface area (Å²) in [5.41, 5.74) is 1.71. The van der Waals surface area contributed by atoms with Crippen LogP contribution >= 0.6 is 0 Å². The molecule has 1 saturated heterocycles. The number of anilines is 1. The number of benzene rings is 2. The van der Waals surface area contributed by atoms with Gasteiger partial charge in [-0.15, -0.1) is 0 Å². The summed E-state index contributed by atoms with van der Waals surface area (Å²) >= 11 is 0. The van der Waals surface area contributed by atoms with Crippen LogP contribution in [0.2, 0.25) is 0 Å². The summed E-state index contributed by atoms with van der Waals surface area (Å²) in [6.45, 7) is 4.66. The second-order valence-electron chi connectivity index (χ2n) is 6.60. The molecule has 0 aromatic heterocycles. The first-order valence-electron chi connectivity index (χ1n) is 8.77. The van der Waals surface area contributed by atoms with Gasteiger partial charge in [-0.25, -0.2) is 4.39 Å². The number of hydrogen-bond acceptors (Lipinski definition) is 2.